The fraction of sp³-hybridized carbons (Fsp3) is 0.176. The van der Waals surface area contributed by atoms with Crippen molar-refractivity contribution in [1.82, 2.24) is 10.3 Å². The number of carbonyl (C=O) groups excluding carboxylic acids is 1. The Morgan fingerprint density at radius 2 is 2.13 bits per heavy atom. The number of benzene rings is 1. The van der Waals surface area contributed by atoms with Crippen LogP contribution in [0.25, 0.3) is 10.6 Å². The predicted octanol–water partition coefficient (Wildman–Crippen LogP) is 3.52. The van der Waals surface area contributed by atoms with Crippen LogP contribution in [0.5, 0.6) is 0 Å². The van der Waals surface area contributed by atoms with E-state index in [-0.39, 0.29) is 12.0 Å². The van der Waals surface area contributed by atoms with Crippen molar-refractivity contribution < 1.29 is 13.9 Å². The van der Waals surface area contributed by atoms with Gasteiger partial charge in [-0.2, -0.15) is 0 Å². The molecular formula is C17H16N2O3S. The minimum atomic E-state index is -0.318. The first kappa shape index (κ1) is 15.5. The zero-order valence-corrected chi connectivity index (χ0v) is 13.4. The number of amides is 1. The number of nitrogens with zero attached hydrogens (tertiary/aromatic N) is 1. The Labute approximate surface area is 137 Å². The summed E-state index contributed by atoms with van der Waals surface area (Å²) >= 11 is 1.45. The molecule has 1 atom stereocenters. The van der Waals surface area contributed by atoms with Crippen LogP contribution < -0.4 is 5.32 Å². The molecule has 0 radical (unpaired) electrons. The third-order valence-electron chi connectivity index (χ3n) is 3.35. The van der Waals surface area contributed by atoms with Gasteiger partial charge in [0.05, 0.1) is 12.8 Å². The van der Waals surface area contributed by atoms with Crippen LogP contribution in [0.15, 0.2) is 58.5 Å². The molecule has 0 spiro atoms. The maximum Gasteiger partial charge on any atom is 0.270 e. The summed E-state index contributed by atoms with van der Waals surface area (Å²) in [5.41, 5.74) is 1.41. The summed E-state index contributed by atoms with van der Waals surface area (Å²) in [5, 5.41) is 5.40. The first-order valence-corrected chi connectivity index (χ1v) is 8.01. The first-order valence-electron chi connectivity index (χ1n) is 7.13. The Bertz CT molecular complexity index is 753. The highest BCUT2D eigenvalue weighted by Crippen LogP contribution is 2.23. The molecule has 1 aromatic carbocycles. The second kappa shape index (κ2) is 7.21. The number of aromatic nitrogens is 1. The van der Waals surface area contributed by atoms with Gasteiger partial charge in [0.2, 0.25) is 0 Å². The van der Waals surface area contributed by atoms with Crippen molar-refractivity contribution in [3.63, 3.8) is 0 Å². The van der Waals surface area contributed by atoms with Crippen LogP contribution in [0.3, 0.4) is 0 Å². The summed E-state index contributed by atoms with van der Waals surface area (Å²) in [7, 11) is 1.58. The topological polar surface area (TPSA) is 64.4 Å². The molecule has 0 saturated carbocycles. The van der Waals surface area contributed by atoms with E-state index in [9.17, 15) is 4.79 Å². The molecule has 118 valence electrons. The van der Waals surface area contributed by atoms with Gasteiger partial charge >= 0.3 is 0 Å². The van der Waals surface area contributed by atoms with E-state index < -0.39 is 0 Å². The molecule has 0 aliphatic carbocycles. The molecule has 1 unspecified atom stereocenters. The van der Waals surface area contributed by atoms with E-state index >= 15 is 0 Å². The van der Waals surface area contributed by atoms with Gasteiger partial charge in [0.1, 0.15) is 22.6 Å². The van der Waals surface area contributed by atoms with Crippen LogP contribution >= 0.6 is 11.3 Å². The number of methoxy groups -OCH3 is 1. The molecule has 3 rings (SSSR count). The number of ether oxygens (including phenoxy) is 1. The fourth-order valence-corrected chi connectivity index (χ4v) is 2.95. The van der Waals surface area contributed by atoms with Crippen molar-refractivity contribution in [3.05, 3.63) is 65.6 Å². The fourth-order valence-electron chi connectivity index (χ4n) is 2.14. The normalized spacial score (nSPS) is 12.0. The summed E-state index contributed by atoms with van der Waals surface area (Å²) in [6.45, 7) is 0.320. The van der Waals surface area contributed by atoms with Crippen LogP contribution in [-0.2, 0) is 4.74 Å². The first-order chi connectivity index (χ1) is 11.3. The van der Waals surface area contributed by atoms with E-state index in [4.69, 9.17) is 9.15 Å². The summed E-state index contributed by atoms with van der Waals surface area (Å²) in [6.07, 6.45) is 1.26. The summed E-state index contributed by atoms with van der Waals surface area (Å²) in [5.74, 6) is 0.452. The minimum absolute atomic E-state index is 0.225. The molecule has 6 heteroatoms. The quantitative estimate of drug-likeness (QED) is 0.752. The Balaban J connectivity index is 1.64. The van der Waals surface area contributed by atoms with Gasteiger partial charge in [-0.3, -0.25) is 4.79 Å². The Hall–Kier alpha value is -2.44. The van der Waals surface area contributed by atoms with Gasteiger partial charge < -0.3 is 14.5 Å². The van der Waals surface area contributed by atoms with Gasteiger partial charge in [0.15, 0.2) is 0 Å². The van der Waals surface area contributed by atoms with Gasteiger partial charge in [0, 0.05) is 18.1 Å². The Morgan fingerprint density at radius 1 is 1.30 bits per heavy atom. The number of carbonyl (C=O) groups is 1. The van der Waals surface area contributed by atoms with Crippen LogP contribution in [-0.4, -0.2) is 24.5 Å². The monoisotopic (exact) mass is 328 g/mol. The Morgan fingerprint density at radius 3 is 2.83 bits per heavy atom. The van der Waals surface area contributed by atoms with Gasteiger partial charge in [-0.25, -0.2) is 4.98 Å². The highest BCUT2D eigenvalue weighted by Gasteiger charge is 2.17. The van der Waals surface area contributed by atoms with Gasteiger partial charge in [-0.1, -0.05) is 30.3 Å². The number of hydrogen-bond donors (Lipinski definition) is 1. The number of thiazole rings is 1. The molecule has 1 amide bonds. The van der Waals surface area contributed by atoms with Gasteiger partial charge in [-0.05, 0) is 12.1 Å². The lowest BCUT2D eigenvalue weighted by Gasteiger charge is -2.13. The van der Waals surface area contributed by atoms with Crippen molar-refractivity contribution in [2.24, 2.45) is 0 Å². The lowest BCUT2D eigenvalue weighted by molar-refractivity contribution is 0.0736. The molecule has 1 N–H and O–H groups in total. The molecular weight excluding hydrogens is 312 g/mol. The predicted molar refractivity (Wildman–Crippen MR) is 88.3 cm³/mol. The summed E-state index contributed by atoms with van der Waals surface area (Å²) in [6, 6.07) is 13.4. The largest absolute Gasteiger partial charge is 0.467 e. The molecule has 0 aliphatic heterocycles. The summed E-state index contributed by atoms with van der Waals surface area (Å²) in [4.78, 5) is 16.6. The SMILES string of the molecule is COC(CNC(=O)c1csc(-c2ccccc2)n1)c1ccco1. The molecule has 0 bridgehead atoms. The second-order valence-electron chi connectivity index (χ2n) is 4.85. The maximum absolute atomic E-state index is 12.2. The third-order valence-corrected chi connectivity index (χ3v) is 4.24. The molecule has 0 aliphatic rings. The molecule has 0 saturated heterocycles. The molecule has 2 aromatic heterocycles. The maximum atomic E-state index is 12.2. The zero-order valence-electron chi connectivity index (χ0n) is 12.6. The lowest BCUT2D eigenvalue weighted by Crippen LogP contribution is -2.29. The van der Waals surface area contributed by atoms with Gasteiger partial charge in [0.25, 0.3) is 5.91 Å². The van der Waals surface area contributed by atoms with Crippen molar-refractivity contribution in [2.75, 3.05) is 13.7 Å². The van der Waals surface area contributed by atoms with Crippen molar-refractivity contribution in [3.8, 4) is 10.6 Å². The average molecular weight is 328 g/mol. The van der Waals surface area contributed by atoms with E-state index in [1.54, 1.807) is 24.8 Å². The number of rotatable bonds is 6. The van der Waals surface area contributed by atoms with Gasteiger partial charge in [-0.15, -0.1) is 11.3 Å². The zero-order chi connectivity index (χ0) is 16.1. The van der Waals surface area contributed by atoms with E-state index in [0.717, 1.165) is 10.6 Å². The van der Waals surface area contributed by atoms with E-state index in [1.165, 1.54) is 11.3 Å². The van der Waals surface area contributed by atoms with Crippen LogP contribution in [0.4, 0.5) is 0 Å². The highest BCUT2D eigenvalue weighted by molar-refractivity contribution is 7.13. The minimum Gasteiger partial charge on any atom is -0.467 e. The standard InChI is InChI=1S/C17H16N2O3S/c1-21-15(14-8-5-9-22-14)10-18-16(20)13-11-23-17(19-13)12-6-3-2-4-7-12/h2-9,11,15H,10H2,1H3,(H,18,20). The third kappa shape index (κ3) is 3.67. The molecule has 5 nitrogen and oxygen atoms in total. The van der Waals surface area contributed by atoms with E-state index in [2.05, 4.69) is 10.3 Å². The molecule has 2 heterocycles. The van der Waals surface area contributed by atoms with Crippen LogP contribution in [0.1, 0.15) is 22.4 Å². The molecule has 0 fully saturated rings. The van der Waals surface area contributed by atoms with Crippen molar-refractivity contribution in [2.45, 2.75) is 6.10 Å². The highest BCUT2D eigenvalue weighted by atomic mass is 32.1. The van der Waals surface area contributed by atoms with Crippen molar-refractivity contribution >= 4 is 17.2 Å². The lowest BCUT2D eigenvalue weighted by atomic mass is 10.2. The van der Waals surface area contributed by atoms with Crippen LogP contribution in [0.2, 0.25) is 0 Å². The number of nitrogens with one attached hydrogen (secondary N) is 1. The Kier molecular flexibility index (Phi) is 4.85. The molecule has 23 heavy (non-hydrogen) atoms. The molecule has 3 aromatic rings. The van der Waals surface area contributed by atoms with Crippen LogP contribution in [0, 0.1) is 0 Å². The number of hydrogen-bond acceptors (Lipinski definition) is 5. The average Bonchev–Trinajstić information content (AvgIpc) is 3.28. The second-order valence-corrected chi connectivity index (χ2v) is 5.71. The number of furan rings is 1. The van der Waals surface area contributed by atoms with E-state index in [1.807, 2.05) is 36.4 Å². The summed E-state index contributed by atoms with van der Waals surface area (Å²) < 4.78 is 10.6. The smallest absolute Gasteiger partial charge is 0.270 e. The van der Waals surface area contributed by atoms with E-state index in [0.29, 0.717) is 18.0 Å². The van der Waals surface area contributed by atoms with Crippen molar-refractivity contribution in [1.29, 1.82) is 0 Å².